The van der Waals surface area contributed by atoms with Crippen molar-refractivity contribution in [2.75, 3.05) is 32.4 Å². The smallest absolute Gasteiger partial charge is 0.193 e. The van der Waals surface area contributed by atoms with Crippen molar-refractivity contribution in [1.29, 1.82) is 0 Å². The summed E-state index contributed by atoms with van der Waals surface area (Å²) in [5, 5.41) is 3.30. The Hall–Kier alpha value is -0.840. The minimum atomic E-state index is -3.03. The maximum Gasteiger partial charge on any atom is 0.193 e. The van der Waals surface area contributed by atoms with E-state index in [2.05, 4.69) is 19.9 Å². The van der Waals surface area contributed by atoms with Gasteiger partial charge in [0.05, 0.1) is 10.5 Å². The third-order valence-electron chi connectivity index (χ3n) is 4.11. The molecular weight excluding hydrogens is 429 g/mol. The van der Waals surface area contributed by atoms with E-state index in [9.17, 15) is 8.42 Å². The van der Waals surface area contributed by atoms with Crippen molar-refractivity contribution < 1.29 is 8.42 Å². The Balaban J connectivity index is 0.00000264. The van der Waals surface area contributed by atoms with Crippen LogP contribution in [0.15, 0.2) is 17.4 Å². The molecule has 1 N–H and O–H groups in total. The van der Waals surface area contributed by atoms with Crippen LogP contribution in [0.25, 0.3) is 0 Å². The van der Waals surface area contributed by atoms with Crippen LogP contribution in [-0.4, -0.2) is 66.0 Å². The van der Waals surface area contributed by atoms with Gasteiger partial charge < -0.3 is 14.8 Å². The zero-order chi connectivity index (χ0) is 16.4. The molecule has 2 rings (SSSR count). The lowest BCUT2D eigenvalue weighted by molar-refractivity contribution is 0.352. The topological polar surface area (TPSA) is 79.6 Å². The van der Waals surface area contributed by atoms with Gasteiger partial charge in [-0.25, -0.2) is 13.4 Å². The van der Waals surface area contributed by atoms with Crippen LogP contribution in [0.4, 0.5) is 0 Å². The fourth-order valence-electron chi connectivity index (χ4n) is 2.58. The fourth-order valence-corrected chi connectivity index (χ4v) is 3.95. The minimum Gasteiger partial charge on any atom is -0.354 e. The first kappa shape index (κ1) is 20.2. The number of nitrogens with one attached hydrogen (secondary N) is 1. The van der Waals surface area contributed by atoms with Gasteiger partial charge in [-0.2, -0.15) is 0 Å². The van der Waals surface area contributed by atoms with E-state index in [4.69, 9.17) is 0 Å². The monoisotopic (exact) mass is 455 g/mol. The SMILES string of the molecule is CN=C(NCCn1ccnc1C)N1CCS(=O)(=O)C(C)(C)C1.I. The number of rotatable bonds is 3. The molecule has 1 aromatic rings. The van der Waals surface area contributed by atoms with Gasteiger partial charge in [-0.15, -0.1) is 24.0 Å². The minimum absolute atomic E-state index is 0. The molecule has 9 heteroatoms. The summed E-state index contributed by atoms with van der Waals surface area (Å²) < 4.78 is 25.5. The highest BCUT2D eigenvalue weighted by Gasteiger charge is 2.40. The molecule has 7 nitrogen and oxygen atoms in total. The van der Waals surface area contributed by atoms with Gasteiger partial charge in [0.15, 0.2) is 15.8 Å². The molecule has 1 saturated heterocycles. The number of hydrogen-bond donors (Lipinski definition) is 1. The van der Waals surface area contributed by atoms with Crippen LogP contribution >= 0.6 is 24.0 Å². The van der Waals surface area contributed by atoms with E-state index in [0.29, 0.717) is 19.6 Å². The molecule has 0 amide bonds. The van der Waals surface area contributed by atoms with E-state index in [1.807, 2.05) is 18.0 Å². The molecule has 0 spiro atoms. The second-order valence-corrected chi connectivity index (χ2v) is 8.88. The Morgan fingerprint density at radius 1 is 1.48 bits per heavy atom. The summed E-state index contributed by atoms with van der Waals surface area (Å²) in [6.45, 7) is 7.96. The van der Waals surface area contributed by atoms with Crippen LogP contribution in [0.5, 0.6) is 0 Å². The van der Waals surface area contributed by atoms with Crippen molar-refractivity contribution in [3.05, 3.63) is 18.2 Å². The van der Waals surface area contributed by atoms with Gasteiger partial charge in [0.25, 0.3) is 0 Å². The third-order valence-corrected chi connectivity index (χ3v) is 6.65. The molecule has 2 heterocycles. The van der Waals surface area contributed by atoms with E-state index in [1.165, 1.54) is 0 Å². The standard InChI is InChI=1S/C14H25N5O2S.HI/c1-12-16-5-7-18(12)8-6-17-13(15-4)19-9-10-22(20,21)14(2,3)11-19;/h5,7H,6,8-11H2,1-4H3,(H,15,17);1H. The Labute approximate surface area is 155 Å². The molecule has 1 aliphatic rings. The Kier molecular flexibility index (Phi) is 6.87. The predicted molar refractivity (Wildman–Crippen MR) is 103 cm³/mol. The van der Waals surface area contributed by atoms with Crippen LogP contribution in [0.2, 0.25) is 0 Å². The average Bonchev–Trinajstić information content (AvgIpc) is 2.84. The molecule has 0 unspecified atom stereocenters. The molecule has 0 aromatic carbocycles. The number of nitrogens with zero attached hydrogens (tertiary/aromatic N) is 4. The lowest BCUT2D eigenvalue weighted by atomic mass is 10.2. The van der Waals surface area contributed by atoms with Gasteiger partial charge in [0, 0.05) is 45.6 Å². The number of aliphatic imine (C=N–C) groups is 1. The van der Waals surface area contributed by atoms with Crippen molar-refractivity contribution in [1.82, 2.24) is 19.8 Å². The Morgan fingerprint density at radius 3 is 2.70 bits per heavy atom. The molecule has 0 aliphatic carbocycles. The number of guanidine groups is 1. The number of imidazole rings is 1. The summed E-state index contributed by atoms with van der Waals surface area (Å²) in [7, 11) is -1.31. The summed E-state index contributed by atoms with van der Waals surface area (Å²) in [6, 6.07) is 0. The van der Waals surface area contributed by atoms with Gasteiger partial charge in [0.1, 0.15) is 5.82 Å². The highest BCUT2D eigenvalue weighted by Crippen LogP contribution is 2.23. The summed E-state index contributed by atoms with van der Waals surface area (Å²) in [5.41, 5.74) is 0. The number of hydrogen-bond acceptors (Lipinski definition) is 4. The summed E-state index contributed by atoms with van der Waals surface area (Å²) in [4.78, 5) is 10.5. The van der Waals surface area contributed by atoms with Gasteiger partial charge in [0.2, 0.25) is 0 Å². The van der Waals surface area contributed by atoms with Gasteiger partial charge in [-0.3, -0.25) is 4.99 Å². The van der Waals surface area contributed by atoms with Crippen molar-refractivity contribution in [2.24, 2.45) is 4.99 Å². The molecule has 1 aromatic heterocycles. The van der Waals surface area contributed by atoms with Crippen molar-refractivity contribution in [2.45, 2.75) is 32.1 Å². The number of aromatic nitrogens is 2. The average molecular weight is 455 g/mol. The van der Waals surface area contributed by atoms with Gasteiger partial charge in [-0.1, -0.05) is 0 Å². The predicted octanol–water partition coefficient (Wildman–Crippen LogP) is 0.894. The molecule has 0 bridgehead atoms. The summed E-state index contributed by atoms with van der Waals surface area (Å²) in [6.07, 6.45) is 3.72. The third kappa shape index (κ3) is 4.59. The Morgan fingerprint density at radius 2 is 2.17 bits per heavy atom. The van der Waals surface area contributed by atoms with Crippen molar-refractivity contribution >= 4 is 39.8 Å². The zero-order valence-electron chi connectivity index (χ0n) is 14.1. The van der Waals surface area contributed by atoms with E-state index in [0.717, 1.165) is 18.3 Å². The zero-order valence-corrected chi connectivity index (χ0v) is 17.3. The van der Waals surface area contributed by atoms with E-state index in [-0.39, 0.29) is 29.7 Å². The molecule has 132 valence electrons. The van der Waals surface area contributed by atoms with Crippen LogP contribution in [0.1, 0.15) is 19.7 Å². The number of halogens is 1. The first-order valence-electron chi connectivity index (χ1n) is 7.42. The van der Waals surface area contributed by atoms with Gasteiger partial charge in [-0.05, 0) is 20.8 Å². The Bertz CT molecular complexity index is 654. The number of sulfone groups is 1. The molecule has 23 heavy (non-hydrogen) atoms. The summed E-state index contributed by atoms with van der Waals surface area (Å²) >= 11 is 0. The highest BCUT2D eigenvalue weighted by atomic mass is 127. The molecular formula is C14H26IN5O2S. The van der Waals surface area contributed by atoms with Crippen LogP contribution in [0.3, 0.4) is 0 Å². The normalized spacial score (nSPS) is 20.0. The lowest BCUT2D eigenvalue weighted by Gasteiger charge is -2.39. The number of aryl methyl sites for hydroxylation is 1. The molecule has 1 aliphatic heterocycles. The van der Waals surface area contributed by atoms with Crippen LogP contribution in [-0.2, 0) is 16.4 Å². The quantitative estimate of drug-likeness (QED) is 0.416. The van der Waals surface area contributed by atoms with Crippen LogP contribution in [0, 0.1) is 6.92 Å². The van der Waals surface area contributed by atoms with Gasteiger partial charge >= 0.3 is 0 Å². The fraction of sp³-hybridized carbons (Fsp3) is 0.714. The molecule has 0 radical (unpaired) electrons. The van der Waals surface area contributed by atoms with Crippen molar-refractivity contribution in [3.63, 3.8) is 0 Å². The summed E-state index contributed by atoms with van der Waals surface area (Å²) in [5.74, 6) is 1.89. The maximum atomic E-state index is 12.1. The second-order valence-electron chi connectivity index (χ2n) is 6.14. The van der Waals surface area contributed by atoms with E-state index >= 15 is 0 Å². The highest BCUT2D eigenvalue weighted by molar-refractivity contribution is 14.0. The molecule has 0 saturated carbocycles. The second kappa shape index (κ2) is 7.82. The molecule has 1 fully saturated rings. The van der Waals surface area contributed by atoms with E-state index in [1.54, 1.807) is 27.1 Å². The van der Waals surface area contributed by atoms with E-state index < -0.39 is 14.6 Å². The first-order valence-corrected chi connectivity index (χ1v) is 9.08. The molecule has 0 atom stereocenters. The lowest BCUT2D eigenvalue weighted by Crippen LogP contribution is -2.57. The maximum absolute atomic E-state index is 12.1. The van der Waals surface area contributed by atoms with Crippen LogP contribution < -0.4 is 5.32 Å². The van der Waals surface area contributed by atoms with Crippen molar-refractivity contribution in [3.8, 4) is 0 Å². The largest absolute Gasteiger partial charge is 0.354 e. The first-order chi connectivity index (χ1) is 10.3.